The maximum atomic E-state index is 13.8. The van der Waals surface area contributed by atoms with E-state index in [9.17, 15) is 24.6 Å². The Morgan fingerprint density at radius 3 is 1.96 bits per heavy atom. The summed E-state index contributed by atoms with van der Waals surface area (Å²) in [7, 11) is 6.47. The van der Waals surface area contributed by atoms with Crippen LogP contribution in [-0.2, 0) is 27.2 Å². The molecular formula is C35H44N2O9. The van der Waals surface area contributed by atoms with E-state index in [0.29, 0.717) is 42.6 Å². The van der Waals surface area contributed by atoms with Gasteiger partial charge in [-0.25, -0.2) is 4.79 Å². The van der Waals surface area contributed by atoms with Crippen LogP contribution in [0.3, 0.4) is 0 Å². The number of piperidine rings is 1. The minimum absolute atomic E-state index is 0.183. The van der Waals surface area contributed by atoms with Crippen molar-refractivity contribution in [2.24, 2.45) is 11.8 Å². The number of rotatable bonds is 11. The van der Waals surface area contributed by atoms with Crippen LogP contribution in [0.1, 0.15) is 66.9 Å². The Labute approximate surface area is 269 Å². The number of carboxylic acids is 2. The molecule has 46 heavy (non-hydrogen) atoms. The molecule has 0 bridgehead atoms. The van der Waals surface area contributed by atoms with E-state index in [0.717, 1.165) is 55.3 Å². The highest BCUT2D eigenvalue weighted by Gasteiger charge is 2.42. The van der Waals surface area contributed by atoms with Gasteiger partial charge in [-0.3, -0.25) is 14.5 Å². The van der Waals surface area contributed by atoms with Crippen LogP contribution < -0.4 is 18.9 Å². The average molecular weight is 637 g/mol. The Morgan fingerprint density at radius 1 is 0.826 bits per heavy atom. The number of carboxylic acid groups (broad SMARTS) is 2. The molecule has 0 spiro atoms. The van der Waals surface area contributed by atoms with Crippen LogP contribution in [0.2, 0.25) is 0 Å². The van der Waals surface area contributed by atoms with Gasteiger partial charge in [0.05, 0.1) is 46.5 Å². The first-order valence-electron chi connectivity index (χ1n) is 15.8. The number of hydrogen-bond donors (Lipinski definition) is 2. The largest absolute Gasteiger partial charge is 0.493 e. The molecule has 4 atom stereocenters. The van der Waals surface area contributed by atoms with Crippen LogP contribution in [0.5, 0.6) is 23.0 Å². The SMILES string of the molecule is CCC1CN2CCc3cc(OC)c(OC)cc3C2CC1CC1c2cc(OC)c(OC)cc2CCN1C(=O)/C=C(/CC(=O)O)C(=O)O. The van der Waals surface area contributed by atoms with Gasteiger partial charge in [0.1, 0.15) is 0 Å². The molecule has 0 saturated carbocycles. The molecule has 2 aromatic rings. The molecule has 0 aromatic heterocycles. The summed E-state index contributed by atoms with van der Waals surface area (Å²) in [6, 6.07) is 7.91. The Kier molecular flexibility index (Phi) is 10.1. The number of fused-ring (bicyclic) bond motifs is 4. The van der Waals surface area contributed by atoms with Crippen LogP contribution in [0.25, 0.3) is 0 Å². The van der Waals surface area contributed by atoms with Gasteiger partial charge in [0.25, 0.3) is 0 Å². The van der Waals surface area contributed by atoms with E-state index >= 15 is 0 Å². The molecule has 4 unspecified atom stereocenters. The first kappa shape index (κ1) is 33.1. The second-order valence-electron chi connectivity index (χ2n) is 12.3. The zero-order chi connectivity index (χ0) is 33.1. The van der Waals surface area contributed by atoms with Gasteiger partial charge in [-0.2, -0.15) is 0 Å². The molecule has 248 valence electrons. The third kappa shape index (κ3) is 6.51. The summed E-state index contributed by atoms with van der Waals surface area (Å²) < 4.78 is 22.5. The maximum Gasteiger partial charge on any atom is 0.332 e. The number of aliphatic carboxylic acids is 2. The van der Waals surface area contributed by atoms with Crippen molar-refractivity contribution in [3.8, 4) is 23.0 Å². The smallest absolute Gasteiger partial charge is 0.332 e. The molecule has 0 aliphatic carbocycles. The van der Waals surface area contributed by atoms with Crippen molar-refractivity contribution < 1.29 is 43.5 Å². The summed E-state index contributed by atoms with van der Waals surface area (Å²) in [6.45, 7) is 4.46. The molecule has 3 heterocycles. The van der Waals surface area contributed by atoms with Crippen molar-refractivity contribution in [1.29, 1.82) is 0 Å². The number of ether oxygens (including phenoxy) is 4. The fraction of sp³-hybridized carbons (Fsp3) is 0.514. The predicted octanol–water partition coefficient (Wildman–Crippen LogP) is 4.67. The lowest BCUT2D eigenvalue weighted by Crippen LogP contribution is -2.47. The van der Waals surface area contributed by atoms with Gasteiger partial charge in [0, 0.05) is 31.8 Å². The zero-order valence-electron chi connectivity index (χ0n) is 27.2. The molecule has 3 aliphatic rings. The lowest BCUT2D eigenvalue weighted by Gasteiger charge is -2.49. The van der Waals surface area contributed by atoms with E-state index in [1.54, 1.807) is 33.3 Å². The first-order valence-corrected chi connectivity index (χ1v) is 15.8. The lowest BCUT2D eigenvalue weighted by atomic mass is 9.72. The van der Waals surface area contributed by atoms with Crippen molar-refractivity contribution in [2.45, 2.75) is 57.5 Å². The number of nitrogens with zero attached hydrogens (tertiary/aromatic N) is 2. The van der Waals surface area contributed by atoms with Gasteiger partial charge in [0.15, 0.2) is 23.0 Å². The summed E-state index contributed by atoms with van der Waals surface area (Å²) in [5.74, 6) is -0.00907. The standard InChI is InChI=1S/C35H44N2O9/c1-6-20-19-36-9-7-21-13-29(43-2)31(45-4)17-25(21)27(36)11-23(20)12-28-26-18-32(46-5)30(44-3)14-22(26)8-10-37(28)33(38)15-24(35(41)42)16-34(39)40/h13-15,17-18,20,23,27-28H,6-12,16,19H2,1-5H3,(H,39,40)(H,41,42)/b24-15-. The number of methoxy groups -OCH3 is 4. The first-order chi connectivity index (χ1) is 22.1. The van der Waals surface area contributed by atoms with Gasteiger partial charge in [-0.15, -0.1) is 0 Å². The molecular weight excluding hydrogens is 592 g/mol. The monoisotopic (exact) mass is 636 g/mol. The van der Waals surface area contributed by atoms with Gasteiger partial charge >= 0.3 is 11.9 Å². The van der Waals surface area contributed by atoms with Crippen LogP contribution in [0, 0.1) is 11.8 Å². The highest BCUT2D eigenvalue weighted by molar-refractivity contribution is 6.00. The fourth-order valence-electron chi connectivity index (χ4n) is 7.67. The van der Waals surface area contributed by atoms with Gasteiger partial charge in [0.2, 0.25) is 5.91 Å². The molecule has 0 radical (unpaired) electrons. The second kappa shape index (κ2) is 14.0. The third-order valence-electron chi connectivity index (χ3n) is 10.0. The molecule has 1 fully saturated rings. The Bertz CT molecular complexity index is 1520. The Hall–Kier alpha value is -4.25. The predicted molar refractivity (Wildman–Crippen MR) is 170 cm³/mol. The molecule has 2 aromatic carbocycles. The zero-order valence-corrected chi connectivity index (χ0v) is 27.2. The number of amides is 1. The number of carbonyl (C=O) groups is 3. The quantitative estimate of drug-likeness (QED) is 0.335. The lowest BCUT2D eigenvalue weighted by molar-refractivity contribution is -0.139. The summed E-state index contributed by atoms with van der Waals surface area (Å²) in [6.07, 6.45) is 4.24. The van der Waals surface area contributed by atoms with E-state index in [2.05, 4.69) is 24.0 Å². The molecule has 11 nitrogen and oxygen atoms in total. The van der Waals surface area contributed by atoms with Gasteiger partial charge in [-0.1, -0.05) is 13.3 Å². The number of carbonyl (C=O) groups excluding carboxylic acids is 1. The molecule has 3 aliphatic heterocycles. The second-order valence-corrected chi connectivity index (χ2v) is 12.3. The van der Waals surface area contributed by atoms with Crippen LogP contribution in [-0.4, -0.2) is 85.9 Å². The Balaban J connectivity index is 1.54. The third-order valence-corrected chi connectivity index (χ3v) is 10.0. The highest BCUT2D eigenvalue weighted by Crippen LogP contribution is 2.49. The molecule has 1 saturated heterocycles. The maximum absolute atomic E-state index is 13.8. The van der Waals surface area contributed by atoms with Crippen molar-refractivity contribution in [1.82, 2.24) is 9.80 Å². The van der Waals surface area contributed by atoms with E-state index in [1.807, 2.05) is 12.1 Å². The minimum atomic E-state index is -1.42. The van der Waals surface area contributed by atoms with E-state index in [4.69, 9.17) is 18.9 Å². The van der Waals surface area contributed by atoms with E-state index in [1.165, 1.54) is 11.1 Å². The van der Waals surface area contributed by atoms with E-state index in [-0.39, 0.29) is 18.0 Å². The average Bonchev–Trinajstić information content (AvgIpc) is 3.05. The highest BCUT2D eigenvalue weighted by atomic mass is 16.5. The van der Waals surface area contributed by atoms with Crippen molar-refractivity contribution in [2.75, 3.05) is 48.1 Å². The van der Waals surface area contributed by atoms with Gasteiger partial charge in [-0.05, 0) is 84.0 Å². The topological polar surface area (TPSA) is 135 Å². The van der Waals surface area contributed by atoms with Crippen molar-refractivity contribution >= 4 is 17.8 Å². The number of benzene rings is 2. The minimum Gasteiger partial charge on any atom is -0.493 e. The summed E-state index contributed by atoms with van der Waals surface area (Å²) in [5.41, 5.74) is 4.04. The summed E-state index contributed by atoms with van der Waals surface area (Å²) >= 11 is 0. The Morgan fingerprint density at radius 2 is 1.39 bits per heavy atom. The summed E-state index contributed by atoms with van der Waals surface area (Å²) in [4.78, 5) is 41.3. The van der Waals surface area contributed by atoms with Crippen LogP contribution in [0.15, 0.2) is 35.9 Å². The fourth-order valence-corrected chi connectivity index (χ4v) is 7.67. The number of hydrogen-bond acceptors (Lipinski definition) is 8. The van der Waals surface area contributed by atoms with Crippen LogP contribution >= 0.6 is 0 Å². The van der Waals surface area contributed by atoms with Crippen LogP contribution in [0.4, 0.5) is 0 Å². The van der Waals surface area contributed by atoms with Gasteiger partial charge < -0.3 is 34.1 Å². The normalized spacial score (nSPS) is 22.6. The molecule has 11 heteroatoms. The van der Waals surface area contributed by atoms with E-state index < -0.39 is 29.8 Å². The van der Waals surface area contributed by atoms with Crippen molar-refractivity contribution in [3.63, 3.8) is 0 Å². The molecule has 5 rings (SSSR count). The molecule has 1 amide bonds. The van der Waals surface area contributed by atoms with Crippen molar-refractivity contribution in [3.05, 3.63) is 58.2 Å². The molecule has 2 N–H and O–H groups in total. The summed E-state index contributed by atoms with van der Waals surface area (Å²) in [5, 5.41) is 18.9.